The van der Waals surface area contributed by atoms with Gasteiger partial charge in [-0.2, -0.15) is 10.4 Å². The third kappa shape index (κ3) is 3.90. The van der Waals surface area contributed by atoms with Crippen LogP contribution in [0.25, 0.3) is 11.1 Å². The largest absolute Gasteiger partial charge is 0.339 e. The predicted molar refractivity (Wildman–Crippen MR) is 125 cm³/mol. The maximum Gasteiger partial charge on any atom is 0.226 e. The number of fused-ring (bicyclic) bond motifs is 1. The third-order valence-corrected chi connectivity index (χ3v) is 7.38. The maximum absolute atomic E-state index is 13.2. The first-order valence-corrected chi connectivity index (χ1v) is 11.6. The molecule has 7 heteroatoms. The molecule has 32 heavy (non-hydrogen) atoms. The van der Waals surface area contributed by atoms with Crippen molar-refractivity contribution in [3.05, 3.63) is 75.0 Å². The Kier molecular flexibility index (Phi) is 5.67. The van der Waals surface area contributed by atoms with Crippen molar-refractivity contribution in [3.8, 4) is 17.2 Å². The summed E-state index contributed by atoms with van der Waals surface area (Å²) in [7, 11) is 0. The number of carbonyl (C=O) groups is 1. The summed E-state index contributed by atoms with van der Waals surface area (Å²) in [6, 6.07) is 13.5. The molecule has 2 heterocycles. The van der Waals surface area contributed by atoms with E-state index in [4.69, 9.17) is 28.5 Å². The number of carbonyl (C=O) groups excluding carboxylic acids is 1. The molecule has 1 aromatic heterocycles. The minimum Gasteiger partial charge on any atom is -0.339 e. The van der Waals surface area contributed by atoms with Gasteiger partial charge in [0.15, 0.2) is 0 Å². The molecule has 0 radical (unpaired) electrons. The van der Waals surface area contributed by atoms with Crippen LogP contribution in [0.5, 0.6) is 0 Å². The maximum atomic E-state index is 13.2. The topological polar surface area (TPSA) is 72.8 Å². The highest BCUT2D eigenvalue weighted by Gasteiger charge is 2.38. The highest BCUT2D eigenvalue weighted by molar-refractivity contribution is 6.36. The van der Waals surface area contributed by atoms with Crippen molar-refractivity contribution < 1.29 is 4.79 Å². The summed E-state index contributed by atoms with van der Waals surface area (Å²) in [4.78, 5) is 15.3. The van der Waals surface area contributed by atoms with Gasteiger partial charge in [-0.15, -0.1) is 0 Å². The fraction of sp³-hybridized carbons (Fsp3) is 0.320. The number of amides is 1. The summed E-state index contributed by atoms with van der Waals surface area (Å²) in [5.41, 5.74) is 5.62. The number of rotatable bonds is 4. The van der Waals surface area contributed by atoms with Crippen LogP contribution in [-0.4, -0.2) is 33.6 Å². The molecule has 2 aromatic carbocycles. The highest BCUT2D eigenvalue weighted by Crippen LogP contribution is 2.36. The highest BCUT2D eigenvalue weighted by atomic mass is 35.5. The SMILES string of the molecule is N#Cc1ccc(-c2cc(Cl)c(CC3CCN(C4CCc5n[nH]cc5C4)C3=O)c(Cl)c2)cc1. The number of likely N-dealkylation sites (tertiary alicyclic amines) is 1. The van der Waals surface area contributed by atoms with E-state index in [0.29, 0.717) is 22.0 Å². The molecule has 1 saturated heterocycles. The normalized spacial score (nSPS) is 20.3. The third-order valence-electron chi connectivity index (χ3n) is 6.71. The van der Waals surface area contributed by atoms with E-state index in [0.717, 1.165) is 54.6 Å². The number of nitriles is 1. The van der Waals surface area contributed by atoms with Crippen molar-refractivity contribution >= 4 is 29.1 Å². The van der Waals surface area contributed by atoms with E-state index in [1.54, 1.807) is 12.1 Å². The molecule has 0 saturated carbocycles. The van der Waals surface area contributed by atoms with Crippen LogP contribution in [0.15, 0.2) is 42.6 Å². The van der Waals surface area contributed by atoms with Crippen LogP contribution in [0.1, 0.15) is 35.2 Å². The monoisotopic (exact) mass is 464 g/mol. The van der Waals surface area contributed by atoms with Gasteiger partial charge in [0.05, 0.1) is 17.3 Å². The van der Waals surface area contributed by atoms with E-state index in [1.165, 1.54) is 5.56 Å². The lowest BCUT2D eigenvalue weighted by molar-refractivity contribution is -0.133. The molecular weight excluding hydrogens is 443 g/mol. The van der Waals surface area contributed by atoms with Gasteiger partial charge in [0.2, 0.25) is 5.91 Å². The Morgan fingerprint density at radius 3 is 2.59 bits per heavy atom. The number of nitrogens with zero attached hydrogens (tertiary/aromatic N) is 3. The molecule has 2 atom stereocenters. The Morgan fingerprint density at radius 2 is 1.88 bits per heavy atom. The summed E-state index contributed by atoms with van der Waals surface area (Å²) in [5, 5.41) is 17.4. The van der Waals surface area contributed by atoms with E-state index in [-0.39, 0.29) is 17.9 Å². The molecule has 2 aliphatic rings. The van der Waals surface area contributed by atoms with Crippen molar-refractivity contribution in [1.29, 1.82) is 5.26 Å². The van der Waals surface area contributed by atoms with Crippen molar-refractivity contribution in [2.75, 3.05) is 6.54 Å². The minimum atomic E-state index is -0.100. The molecule has 3 aromatic rings. The van der Waals surface area contributed by atoms with Gasteiger partial charge < -0.3 is 4.90 Å². The van der Waals surface area contributed by atoms with Crippen molar-refractivity contribution in [2.45, 2.75) is 38.1 Å². The fourth-order valence-electron chi connectivity index (χ4n) is 4.92. The van der Waals surface area contributed by atoms with Gasteiger partial charge in [0, 0.05) is 34.7 Å². The zero-order chi connectivity index (χ0) is 22.2. The van der Waals surface area contributed by atoms with Crippen molar-refractivity contribution in [3.63, 3.8) is 0 Å². The summed E-state index contributed by atoms with van der Waals surface area (Å²) < 4.78 is 0. The molecule has 1 aliphatic carbocycles. The van der Waals surface area contributed by atoms with Gasteiger partial charge in [0.1, 0.15) is 0 Å². The Bertz CT molecular complexity index is 1190. The lowest BCUT2D eigenvalue weighted by atomic mass is 9.92. The molecule has 1 fully saturated rings. The second kappa shape index (κ2) is 8.61. The number of aromatic nitrogens is 2. The molecular formula is C25H22Cl2N4O. The average molecular weight is 465 g/mol. The van der Waals surface area contributed by atoms with Crippen molar-refractivity contribution in [2.24, 2.45) is 5.92 Å². The van der Waals surface area contributed by atoms with Crippen LogP contribution in [0, 0.1) is 17.2 Å². The molecule has 0 bridgehead atoms. The van der Waals surface area contributed by atoms with E-state index >= 15 is 0 Å². The van der Waals surface area contributed by atoms with E-state index < -0.39 is 0 Å². The first-order chi connectivity index (χ1) is 15.5. The Hall–Kier alpha value is -2.81. The van der Waals surface area contributed by atoms with Crippen LogP contribution in [-0.2, 0) is 24.1 Å². The quantitative estimate of drug-likeness (QED) is 0.576. The van der Waals surface area contributed by atoms with Crippen LogP contribution < -0.4 is 0 Å². The first-order valence-electron chi connectivity index (χ1n) is 10.8. The van der Waals surface area contributed by atoms with Crippen LogP contribution in [0.3, 0.4) is 0 Å². The van der Waals surface area contributed by atoms with E-state index in [1.807, 2.05) is 35.4 Å². The number of aromatic amines is 1. The Morgan fingerprint density at radius 1 is 1.12 bits per heavy atom. The van der Waals surface area contributed by atoms with Crippen LogP contribution in [0.2, 0.25) is 10.0 Å². The fourth-order valence-corrected chi connectivity index (χ4v) is 5.57. The molecule has 162 valence electrons. The summed E-state index contributed by atoms with van der Waals surface area (Å²) in [5.74, 6) is 0.0988. The zero-order valence-corrected chi connectivity index (χ0v) is 19.0. The Labute approximate surface area is 197 Å². The Balaban J connectivity index is 1.31. The molecule has 1 aliphatic heterocycles. The molecule has 5 rings (SSSR count). The average Bonchev–Trinajstić information content (AvgIpc) is 3.42. The smallest absolute Gasteiger partial charge is 0.226 e. The van der Waals surface area contributed by atoms with Crippen molar-refractivity contribution in [1.82, 2.24) is 15.1 Å². The summed E-state index contributed by atoms with van der Waals surface area (Å²) in [6.45, 7) is 0.778. The standard InChI is InChI=1S/C25H22Cl2N4O/c26-22-11-18(16-3-1-15(13-28)2-4-16)12-23(27)21(22)10-17-7-8-31(25(17)32)20-5-6-24-19(9-20)14-29-30-24/h1-4,11-12,14,17,20H,5-10H2,(H,29,30). The lowest BCUT2D eigenvalue weighted by Gasteiger charge is -2.31. The molecule has 5 nitrogen and oxygen atoms in total. The number of nitrogens with one attached hydrogen (secondary N) is 1. The van der Waals surface area contributed by atoms with Crippen LogP contribution >= 0.6 is 23.2 Å². The number of halogens is 2. The van der Waals surface area contributed by atoms with Gasteiger partial charge >= 0.3 is 0 Å². The number of H-pyrrole nitrogens is 1. The van der Waals surface area contributed by atoms with E-state index in [9.17, 15) is 4.79 Å². The van der Waals surface area contributed by atoms with Gasteiger partial charge in [-0.05, 0) is 78.6 Å². The summed E-state index contributed by atoms with van der Waals surface area (Å²) >= 11 is 13.3. The minimum absolute atomic E-state index is 0.100. The van der Waals surface area contributed by atoms with Gasteiger partial charge in [-0.3, -0.25) is 9.89 Å². The summed E-state index contributed by atoms with van der Waals surface area (Å²) in [6.07, 6.45) is 6.05. The number of hydrogen-bond donors (Lipinski definition) is 1. The number of benzene rings is 2. The van der Waals surface area contributed by atoms with E-state index in [2.05, 4.69) is 16.3 Å². The zero-order valence-electron chi connectivity index (χ0n) is 17.4. The number of hydrogen-bond acceptors (Lipinski definition) is 3. The lowest BCUT2D eigenvalue weighted by Crippen LogP contribution is -2.41. The van der Waals surface area contributed by atoms with Gasteiger partial charge in [-0.1, -0.05) is 35.3 Å². The van der Waals surface area contributed by atoms with Crippen LogP contribution in [0.4, 0.5) is 0 Å². The van der Waals surface area contributed by atoms with Gasteiger partial charge in [-0.25, -0.2) is 0 Å². The molecule has 2 unspecified atom stereocenters. The molecule has 1 amide bonds. The second-order valence-corrected chi connectivity index (χ2v) is 9.40. The first kappa shape index (κ1) is 21.1. The van der Waals surface area contributed by atoms with Gasteiger partial charge in [0.25, 0.3) is 0 Å². The molecule has 1 N–H and O–H groups in total. The number of aryl methyl sites for hydroxylation is 1. The second-order valence-electron chi connectivity index (χ2n) is 8.58. The molecule has 0 spiro atoms. The predicted octanol–water partition coefficient (Wildman–Crippen LogP) is 5.20.